The Labute approximate surface area is 203 Å². The Morgan fingerprint density at radius 2 is 1.66 bits per heavy atom. The highest BCUT2D eigenvalue weighted by molar-refractivity contribution is 5.85. The molecule has 1 heterocycles. The van der Waals surface area contributed by atoms with Crippen molar-refractivity contribution in [3.8, 4) is 11.1 Å². The van der Waals surface area contributed by atoms with Crippen LogP contribution in [0.2, 0.25) is 0 Å². The highest BCUT2D eigenvalue weighted by Gasteiger charge is 2.30. The molecule has 0 aliphatic heterocycles. The average Bonchev–Trinajstić information content (AvgIpc) is 3.45. The van der Waals surface area contributed by atoms with E-state index in [4.69, 9.17) is 9.84 Å². The van der Waals surface area contributed by atoms with Gasteiger partial charge in [0.25, 0.3) is 0 Å². The lowest BCUT2D eigenvalue weighted by atomic mass is 9.92. The lowest BCUT2D eigenvalue weighted by Crippen LogP contribution is -2.45. The molecule has 0 radical (unpaired) electrons. The highest BCUT2D eigenvalue weighted by atomic mass is 16.5. The maximum absolute atomic E-state index is 12.6. The van der Waals surface area contributed by atoms with Gasteiger partial charge in [-0.05, 0) is 36.1 Å². The molecule has 1 aliphatic carbocycles. The summed E-state index contributed by atoms with van der Waals surface area (Å²) in [5, 5.41) is 14.4. The number of alkyl carbamates (subject to hydrolysis) is 1. The van der Waals surface area contributed by atoms with Crippen LogP contribution in [0.15, 0.2) is 61.1 Å². The van der Waals surface area contributed by atoms with E-state index in [9.17, 15) is 14.4 Å². The molecule has 1 aliphatic rings. The summed E-state index contributed by atoms with van der Waals surface area (Å²) in [4.78, 5) is 39.7. The molecule has 4 rings (SSSR count). The molecule has 0 unspecified atom stereocenters. The van der Waals surface area contributed by atoms with Gasteiger partial charge in [0.1, 0.15) is 6.61 Å². The van der Waals surface area contributed by atoms with Crippen LogP contribution < -0.4 is 10.6 Å². The molecule has 2 aromatic carbocycles. The molecule has 0 fully saturated rings. The minimum absolute atomic E-state index is 0.0331. The van der Waals surface area contributed by atoms with E-state index in [1.807, 2.05) is 24.3 Å². The molecule has 182 valence electrons. The van der Waals surface area contributed by atoms with Gasteiger partial charge in [-0.25, -0.2) is 14.6 Å². The second kappa shape index (κ2) is 10.0. The number of imidazole rings is 1. The smallest absolute Gasteiger partial charge is 0.407 e. The van der Waals surface area contributed by atoms with E-state index in [1.165, 1.54) is 12.5 Å². The number of carboxylic acid groups (broad SMARTS) is 1. The lowest BCUT2D eigenvalue weighted by Gasteiger charge is -2.24. The molecule has 35 heavy (non-hydrogen) atoms. The molecule has 2 amide bonds. The molecule has 0 saturated carbocycles. The zero-order chi connectivity index (χ0) is 25.0. The third kappa shape index (κ3) is 5.34. The normalized spacial score (nSPS) is 12.5. The zero-order valence-electron chi connectivity index (χ0n) is 19.7. The number of hydrogen-bond acceptors (Lipinski definition) is 5. The molecule has 0 bridgehead atoms. The minimum Gasteiger partial charge on any atom is -0.476 e. The van der Waals surface area contributed by atoms with Gasteiger partial charge in [-0.15, -0.1) is 0 Å². The number of amides is 2. The number of carbonyl (C=O) groups excluding carboxylic acids is 2. The first kappa shape index (κ1) is 24.0. The van der Waals surface area contributed by atoms with Crippen LogP contribution in [0.1, 0.15) is 41.4 Å². The largest absolute Gasteiger partial charge is 0.476 e. The van der Waals surface area contributed by atoms with E-state index in [0.717, 1.165) is 22.3 Å². The Morgan fingerprint density at radius 3 is 2.26 bits per heavy atom. The summed E-state index contributed by atoms with van der Waals surface area (Å²) in [6.07, 6.45) is 2.23. The van der Waals surface area contributed by atoms with Crippen molar-refractivity contribution in [2.75, 3.05) is 19.7 Å². The van der Waals surface area contributed by atoms with Crippen LogP contribution in [-0.2, 0) is 16.1 Å². The predicted molar refractivity (Wildman–Crippen MR) is 129 cm³/mol. The SMILES string of the molecule is CC(C)(CNC(=O)OCC1c2ccccc2-c2ccccc21)C(=O)NCCn1cnc(C(=O)O)c1. The highest BCUT2D eigenvalue weighted by Crippen LogP contribution is 2.44. The molecule has 0 spiro atoms. The van der Waals surface area contributed by atoms with Crippen LogP contribution >= 0.6 is 0 Å². The molecule has 0 saturated heterocycles. The molecular formula is C26H28N4O5. The van der Waals surface area contributed by atoms with Crippen molar-refractivity contribution < 1.29 is 24.2 Å². The summed E-state index contributed by atoms with van der Waals surface area (Å²) in [6, 6.07) is 16.2. The van der Waals surface area contributed by atoms with Gasteiger partial charge in [-0.1, -0.05) is 48.5 Å². The monoisotopic (exact) mass is 476 g/mol. The van der Waals surface area contributed by atoms with Gasteiger partial charge in [0.2, 0.25) is 5.91 Å². The van der Waals surface area contributed by atoms with E-state index in [0.29, 0.717) is 13.1 Å². The molecule has 3 aromatic rings. The van der Waals surface area contributed by atoms with Gasteiger partial charge in [0.15, 0.2) is 5.69 Å². The van der Waals surface area contributed by atoms with Crippen LogP contribution in [0.3, 0.4) is 0 Å². The Balaban J connectivity index is 1.25. The van der Waals surface area contributed by atoms with Crippen molar-refractivity contribution in [2.24, 2.45) is 5.41 Å². The number of carbonyl (C=O) groups is 3. The van der Waals surface area contributed by atoms with E-state index in [1.54, 1.807) is 18.4 Å². The number of aromatic carboxylic acids is 1. The van der Waals surface area contributed by atoms with E-state index < -0.39 is 17.5 Å². The summed E-state index contributed by atoms with van der Waals surface area (Å²) in [7, 11) is 0. The summed E-state index contributed by atoms with van der Waals surface area (Å²) < 4.78 is 7.12. The van der Waals surface area contributed by atoms with Gasteiger partial charge >= 0.3 is 12.1 Å². The Bertz CT molecular complexity index is 1200. The number of benzene rings is 2. The number of hydrogen-bond donors (Lipinski definition) is 3. The number of ether oxygens (including phenoxy) is 1. The molecule has 3 N–H and O–H groups in total. The second-order valence-corrected chi connectivity index (χ2v) is 9.12. The molecule has 0 atom stereocenters. The van der Waals surface area contributed by atoms with Gasteiger partial charge in [0.05, 0.1) is 11.7 Å². The quantitative estimate of drug-likeness (QED) is 0.436. The Hall–Kier alpha value is -4.14. The van der Waals surface area contributed by atoms with Crippen LogP contribution in [0, 0.1) is 5.41 Å². The first-order valence-corrected chi connectivity index (χ1v) is 11.4. The third-order valence-corrected chi connectivity index (χ3v) is 6.14. The second-order valence-electron chi connectivity index (χ2n) is 9.12. The summed E-state index contributed by atoms with van der Waals surface area (Å²) >= 11 is 0. The average molecular weight is 477 g/mol. The number of fused-ring (bicyclic) bond motifs is 3. The van der Waals surface area contributed by atoms with Crippen LogP contribution in [0.25, 0.3) is 11.1 Å². The molecular weight excluding hydrogens is 448 g/mol. The van der Waals surface area contributed by atoms with Gasteiger partial charge in [-0.3, -0.25) is 4.79 Å². The van der Waals surface area contributed by atoms with Crippen LogP contribution in [0.4, 0.5) is 4.79 Å². The van der Waals surface area contributed by atoms with Crippen LogP contribution in [0.5, 0.6) is 0 Å². The summed E-state index contributed by atoms with van der Waals surface area (Å²) in [5.41, 5.74) is 3.66. The van der Waals surface area contributed by atoms with Crippen molar-refractivity contribution in [1.82, 2.24) is 20.2 Å². The van der Waals surface area contributed by atoms with Gasteiger partial charge in [0, 0.05) is 31.7 Å². The molecule has 1 aromatic heterocycles. The van der Waals surface area contributed by atoms with Gasteiger partial charge < -0.3 is 25.0 Å². The lowest BCUT2D eigenvalue weighted by molar-refractivity contribution is -0.129. The summed E-state index contributed by atoms with van der Waals surface area (Å²) in [6.45, 7) is 4.43. The standard InChI is InChI=1S/C26H28N4O5/c1-26(2,24(33)27-11-12-30-13-22(23(31)32)29-16-30)15-28-25(34)35-14-21-19-9-5-3-7-17(19)18-8-4-6-10-20(18)21/h3-10,13,16,21H,11-12,14-15H2,1-2H3,(H,27,33)(H,28,34)(H,31,32). The van der Waals surface area contributed by atoms with E-state index in [-0.39, 0.29) is 30.7 Å². The van der Waals surface area contributed by atoms with Crippen molar-refractivity contribution in [3.63, 3.8) is 0 Å². The maximum atomic E-state index is 12.6. The number of carboxylic acids is 1. The van der Waals surface area contributed by atoms with Crippen molar-refractivity contribution in [3.05, 3.63) is 77.9 Å². The van der Waals surface area contributed by atoms with Crippen molar-refractivity contribution >= 4 is 18.0 Å². The van der Waals surface area contributed by atoms with Crippen molar-refractivity contribution in [1.29, 1.82) is 0 Å². The Kier molecular flexibility index (Phi) is 6.86. The van der Waals surface area contributed by atoms with Crippen LogP contribution in [-0.4, -0.2) is 52.3 Å². The summed E-state index contributed by atoms with van der Waals surface area (Å²) in [5.74, 6) is -1.38. The number of rotatable bonds is 9. The first-order valence-electron chi connectivity index (χ1n) is 11.4. The predicted octanol–water partition coefficient (Wildman–Crippen LogP) is 3.26. The number of nitrogens with zero attached hydrogens (tertiary/aromatic N) is 2. The van der Waals surface area contributed by atoms with E-state index in [2.05, 4.69) is 39.9 Å². The zero-order valence-corrected chi connectivity index (χ0v) is 19.7. The first-order chi connectivity index (χ1) is 16.8. The number of aromatic nitrogens is 2. The fraction of sp³-hybridized carbons (Fsp3) is 0.308. The maximum Gasteiger partial charge on any atom is 0.407 e. The van der Waals surface area contributed by atoms with E-state index >= 15 is 0 Å². The fourth-order valence-electron chi connectivity index (χ4n) is 4.15. The van der Waals surface area contributed by atoms with Crippen molar-refractivity contribution in [2.45, 2.75) is 26.3 Å². The number of nitrogens with one attached hydrogen (secondary N) is 2. The fourth-order valence-corrected chi connectivity index (χ4v) is 4.15. The van der Waals surface area contributed by atoms with Gasteiger partial charge in [-0.2, -0.15) is 0 Å². The molecule has 9 heteroatoms. The topological polar surface area (TPSA) is 123 Å². The minimum atomic E-state index is -1.10. The molecule has 9 nitrogen and oxygen atoms in total. The third-order valence-electron chi connectivity index (χ3n) is 6.14. The Morgan fingerprint density at radius 1 is 1.03 bits per heavy atom.